The lowest BCUT2D eigenvalue weighted by Gasteiger charge is -2.72. The Morgan fingerprint density at radius 1 is 0.909 bits per heavy atom. The van der Waals surface area contributed by atoms with Crippen LogP contribution < -0.4 is 0 Å². The third-order valence-electron chi connectivity index (χ3n) is 14.5. The summed E-state index contributed by atoms with van der Waals surface area (Å²) in [6.07, 6.45) is 13.2. The van der Waals surface area contributed by atoms with E-state index in [4.69, 9.17) is 8.92 Å². The smallest absolute Gasteiger partial charge is 0.338 e. The number of hydrogen-bond acceptors (Lipinski definition) is 5. The van der Waals surface area contributed by atoms with Gasteiger partial charge in [0.1, 0.15) is 5.76 Å². The standard InChI is InChI=1S/C38H54O5S/c1-25(2)27-16-21-38(24-42-33(39)26-12-10-9-11-13-26)23-22-36(6)28(32(27)38)14-15-30-35(5)19-18-31(43-44(8,40)41)34(3,4)29(35)17-20-37(30,36)7/h9-13,18,27-30,32H,1,14-17,19-24H2,2-8H3/t27-,28+,29-,30+,32+,35-,36+,37+,38+/m0/s1. The van der Waals surface area contributed by atoms with Crippen LogP contribution in [0.4, 0.5) is 0 Å². The van der Waals surface area contributed by atoms with Crippen molar-refractivity contribution in [1.82, 2.24) is 0 Å². The van der Waals surface area contributed by atoms with Gasteiger partial charge in [0.15, 0.2) is 0 Å². The Hall–Kier alpha value is -2.08. The Morgan fingerprint density at radius 2 is 1.61 bits per heavy atom. The fraction of sp³-hybridized carbons (Fsp3) is 0.711. The number of fused-ring (bicyclic) bond motifs is 7. The molecule has 0 N–H and O–H groups in total. The highest BCUT2D eigenvalue weighted by molar-refractivity contribution is 7.86. The van der Waals surface area contributed by atoms with Gasteiger partial charge in [-0.1, -0.05) is 65.0 Å². The molecule has 5 nitrogen and oxygen atoms in total. The second kappa shape index (κ2) is 10.5. The number of benzene rings is 1. The molecule has 242 valence electrons. The van der Waals surface area contributed by atoms with Gasteiger partial charge in [-0.05, 0) is 129 Å². The van der Waals surface area contributed by atoms with Gasteiger partial charge in [-0.15, -0.1) is 0 Å². The van der Waals surface area contributed by atoms with Gasteiger partial charge in [-0.3, -0.25) is 0 Å². The van der Waals surface area contributed by atoms with E-state index in [9.17, 15) is 13.2 Å². The third-order valence-corrected chi connectivity index (χ3v) is 15.0. The van der Waals surface area contributed by atoms with Gasteiger partial charge < -0.3 is 8.92 Å². The van der Waals surface area contributed by atoms with Gasteiger partial charge in [-0.25, -0.2) is 4.79 Å². The Balaban J connectivity index is 1.32. The van der Waals surface area contributed by atoms with E-state index in [0.29, 0.717) is 47.5 Å². The molecular formula is C38H54O5S. The summed E-state index contributed by atoms with van der Waals surface area (Å²) in [5.74, 6) is 2.85. The molecule has 0 bridgehead atoms. The van der Waals surface area contributed by atoms with Crippen LogP contribution in [0.5, 0.6) is 0 Å². The first kappa shape index (κ1) is 31.9. The quantitative estimate of drug-likeness (QED) is 0.180. The number of allylic oxidation sites excluding steroid dienone is 3. The molecule has 0 heterocycles. The summed E-state index contributed by atoms with van der Waals surface area (Å²) < 4.78 is 36.1. The predicted molar refractivity (Wildman–Crippen MR) is 175 cm³/mol. The summed E-state index contributed by atoms with van der Waals surface area (Å²) in [5, 5.41) is 0. The van der Waals surface area contributed by atoms with Crippen molar-refractivity contribution in [3.63, 3.8) is 0 Å². The zero-order valence-corrected chi connectivity index (χ0v) is 28.9. The van der Waals surface area contributed by atoms with Gasteiger partial charge in [0.25, 0.3) is 0 Å². The molecule has 0 radical (unpaired) electrons. The fourth-order valence-corrected chi connectivity index (χ4v) is 12.9. The molecule has 0 amide bonds. The maximum absolute atomic E-state index is 13.1. The summed E-state index contributed by atoms with van der Waals surface area (Å²) in [6.45, 7) is 19.3. The molecule has 0 spiro atoms. The second-order valence-corrected chi connectivity index (χ2v) is 18.3. The molecule has 1 aromatic carbocycles. The van der Waals surface area contributed by atoms with Crippen molar-refractivity contribution < 1.29 is 22.1 Å². The van der Waals surface area contributed by atoms with E-state index in [-0.39, 0.29) is 33.0 Å². The van der Waals surface area contributed by atoms with Crippen molar-refractivity contribution in [3.8, 4) is 0 Å². The molecule has 4 fully saturated rings. The van der Waals surface area contributed by atoms with E-state index in [1.165, 1.54) is 18.4 Å². The van der Waals surface area contributed by atoms with Crippen LogP contribution in [0.1, 0.15) is 110 Å². The largest absolute Gasteiger partial charge is 0.461 e. The Morgan fingerprint density at radius 3 is 2.27 bits per heavy atom. The lowest BCUT2D eigenvalue weighted by atomic mass is 9.32. The lowest BCUT2D eigenvalue weighted by Crippen LogP contribution is -2.65. The lowest BCUT2D eigenvalue weighted by molar-refractivity contribution is -0.231. The van der Waals surface area contributed by atoms with E-state index >= 15 is 0 Å². The van der Waals surface area contributed by atoms with Gasteiger partial charge in [-0.2, -0.15) is 8.42 Å². The molecule has 0 aliphatic heterocycles. The van der Waals surface area contributed by atoms with E-state index in [1.54, 1.807) is 0 Å². The molecule has 1 aromatic rings. The van der Waals surface area contributed by atoms with Crippen LogP contribution in [0.3, 0.4) is 0 Å². The SMILES string of the molecule is C=C(C)[C@@H]1CC[C@]2(COC(=O)c3ccccc3)CC[C@]3(C)[C@H](CC[C@@H]4[C@@]5(C)CC=C(OS(C)(=O)=O)C(C)(C)[C@@H]5CC[C@]43C)[C@@H]12. The van der Waals surface area contributed by atoms with Crippen LogP contribution in [0.15, 0.2) is 54.3 Å². The molecule has 4 saturated carbocycles. The minimum absolute atomic E-state index is 0.00991. The Labute approximate surface area is 266 Å². The minimum Gasteiger partial charge on any atom is -0.461 e. The van der Waals surface area contributed by atoms with E-state index < -0.39 is 10.1 Å². The molecule has 6 rings (SSSR count). The molecular weight excluding hydrogens is 568 g/mol. The maximum Gasteiger partial charge on any atom is 0.338 e. The van der Waals surface area contributed by atoms with Crippen LogP contribution in [0.2, 0.25) is 0 Å². The second-order valence-electron chi connectivity index (χ2n) is 16.8. The van der Waals surface area contributed by atoms with E-state index in [0.717, 1.165) is 51.2 Å². The van der Waals surface area contributed by atoms with Crippen LogP contribution in [0, 0.1) is 56.7 Å². The van der Waals surface area contributed by atoms with E-state index in [2.05, 4.69) is 54.2 Å². The average Bonchev–Trinajstić information content (AvgIpc) is 3.34. The molecule has 6 heteroatoms. The average molecular weight is 623 g/mol. The summed E-state index contributed by atoms with van der Waals surface area (Å²) >= 11 is 0. The van der Waals surface area contributed by atoms with Crippen molar-refractivity contribution in [2.24, 2.45) is 56.7 Å². The summed E-state index contributed by atoms with van der Waals surface area (Å²) in [5.41, 5.74) is 2.02. The van der Waals surface area contributed by atoms with Crippen molar-refractivity contribution >= 4 is 16.1 Å². The van der Waals surface area contributed by atoms with Crippen molar-refractivity contribution in [1.29, 1.82) is 0 Å². The van der Waals surface area contributed by atoms with Crippen LogP contribution in [-0.4, -0.2) is 27.2 Å². The van der Waals surface area contributed by atoms with E-state index in [1.807, 2.05) is 30.3 Å². The molecule has 5 aliphatic carbocycles. The maximum atomic E-state index is 13.1. The highest BCUT2D eigenvalue weighted by atomic mass is 32.2. The number of carbonyl (C=O) groups excluding carboxylic acids is 1. The first-order chi connectivity index (χ1) is 20.5. The molecule has 44 heavy (non-hydrogen) atoms. The summed E-state index contributed by atoms with van der Waals surface area (Å²) in [7, 11) is -3.57. The van der Waals surface area contributed by atoms with Crippen molar-refractivity contribution in [3.05, 3.63) is 59.9 Å². The van der Waals surface area contributed by atoms with Gasteiger partial charge in [0, 0.05) is 10.8 Å². The topological polar surface area (TPSA) is 69.7 Å². The van der Waals surface area contributed by atoms with Gasteiger partial charge in [0.2, 0.25) is 0 Å². The first-order valence-corrected chi connectivity index (χ1v) is 18.8. The number of carbonyl (C=O) groups is 1. The number of esters is 1. The minimum atomic E-state index is -3.57. The van der Waals surface area contributed by atoms with Crippen molar-refractivity contribution in [2.75, 3.05) is 12.9 Å². The van der Waals surface area contributed by atoms with Crippen molar-refractivity contribution in [2.45, 2.75) is 99.3 Å². The Kier molecular flexibility index (Phi) is 7.59. The van der Waals surface area contributed by atoms with Crippen LogP contribution in [0.25, 0.3) is 0 Å². The zero-order valence-electron chi connectivity index (χ0n) is 28.1. The van der Waals surface area contributed by atoms with Gasteiger partial charge in [0.05, 0.1) is 18.4 Å². The monoisotopic (exact) mass is 622 g/mol. The molecule has 0 aromatic heterocycles. The summed E-state index contributed by atoms with van der Waals surface area (Å²) in [6, 6.07) is 9.41. The molecule has 0 saturated heterocycles. The highest BCUT2D eigenvalue weighted by Gasteiger charge is 2.70. The highest BCUT2D eigenvalue weighted by Crippen LogP contribution is 2.77. The molecule has 5 aliphatic rings. The molecule has 9 atom stereocenters. The van der Waals surface area contributed by atoms with Gasteiger partial charge >= 0.3 is 16.1 Å². The fourth-order valence-electron chi connectivity index (χ4n) is 12.3. The van der Waals surface area contributed by atoms with Crippen LogP contribution in [-0.2, 0) is 19.0 Å². The predicted octanol–water partition coefficient (Wildman–Crippen LogP) is 8.97. The third kappa shape index (κ3) is 4.66. The molecule has 0 unspecified atom stereocenters. The first-order valence-electron chi connectivity index (χ1n) is 17.0. The number of ether oxygens (including phenoxy) is 1. The van der Waals surface area contributed by atoms with Crippen LogP contribution >= 0.6 is 0 Å². The number of rotatable bonds is 6. The normalized spacial score (nSPS) is 42.5. The number of hydrogen-bond donors (Lipinski definition) is 0. The zero-order chi connectivity index (χ0) is 31.9. The Bertz CT molecular complexity index is 1460. The summed E-state index contributed by atoms with van der Waals surface area (Å²) in [4.78, 5) is 13.1.